The fraction of sp³-hybridized carbons (Fsp3) is 0.231. The highest BCUT2D eigenvalue weighted by atomic mass is 16.5. The van der Waals surface area contributed by atoms with Crippen LogP contribution in [-0.2, 0) is 22.4 Å². The van der Waals surface area contributed by atoms with E-state index in [0.717, 1.165) is 11.1 Å². The number of ketones is 1. The van der Waals surface area contributed by atoms with Crippen LogP contribution in [0.1, 0.15) is 27.9 Å². The Morgan fingerprint density at radius 3 is 2.82 bits per heavy atom. The van der Waals surface area contributed by atoms with E-state index in [9.17, 15) is 14.4 Å². The molecule has 8 nitrogen and oxygen atoms in total. The van der Waals surface area contributed by atoms with Gasteiger partial charge in [-0.1, -0.05) is 30.3 Å². The molecule has 0 unspecified atom stereocenters. The van der Waals surface area contributed by atoms with Crippen molar-refractivity contribution in [2.75, 3.05) is 18.5 Å². The van der Waals surface area contributed by atoms with E-state index in [2.05, 4.69) is 15.6 Å². The lowest BCUT2D eigenvalue weighted by Crippen LogP contribution is -2.39. The Hall–Kier alpha value is -4.20. The van der Waals surface area contributed by atoms with Crippen LogP contribution in [0.15, 0.2) is 60.8 Å². The van der Waals surface area contributed by atoms with Crippen molar-refractivity contribution in [1.29, 1.82) is 0 Å². The molecule has 2 aromatic carbocycles. The molecule has 3 aromatic rings. The lowest BCUT2D eigenvalue weighted by molar-refractivity contribution is -0.126. The molecule has 0 radical (unpaired) electrons. The van der Waals surface area contributed by atoms with Gasteiger partial charge in [0.05, 0.1) is 12.5 Å². The van der Waals surface area contributed by atoms with E-state index < -0.39 is 5.92 Å². The number of nitrogens with zero attached hydrogens (tertiary/aromatic N) is 1. The minimum Gasteiger partial charge on any atom is -0.492 e. The molecule has 0 bridgehead atoms. The molecule has 0 fully saturated rings. The first kappa shape index (κ1) is 21.6. The lowest BCUT2D eigenvalue weighted by atomic mass is 9.95. The molecule has 3 heterocycles. The van der Waals surface area contributed by atoms with Gasteiger partial charge < -0.3 is 20.1 Å². The van der Waals surface area contributed by atoms with E-state index in [-0.39, 0.29) is 30.7 Å². The summed E-state index contributed by atoms with van der Waals surface area (Å²) in [6.07, 6.45) is 3.01. The Labute approximate surface area is 196 Å². The van der Waals surface area contributed by atoms with Crippen LogP contribution >= 0.6 is 0 Å². The predicted molar refractivity (Wildman–Crippen MR) is 124 cm³/mol. The SMILES string of the molecule is O=C1CCc2c(Oc3ccc4c(c3)C[C@@H](C(=O)NCC(=O)c3ccccc3)CO4)ccnc2N1. The first-order valence-corrected chi connectivity index (χ1v) is 11.1. The van der Waals surface area contributed by atoms with Crippen molar-refractivity contribution in [2.24, 2.45) is 5.92 Å². The van der Waals surface area contributed by atoms with Crippen molar-refractivity contribution in [3.05, 3.63) is 77.5 Å². The summed E-state index contributed by atoms with van der Waals surface area (Å²) < 4.78 is 11.9. The van der Waals surface area contributed by atoms with Crippen LogP contribution in [0.4, 0.5) is 5.82 Å². The molecule has 0 spiro atoms. The number of amides is 2. The van der Waals surface area contributed by atoms with Gasteiger partial charge in [0.25, 0.3) is 0 Å². The van der Waals surface area contributed by atoms with Gasteiger partial charge >= 0.3 is 0 Å². The second-order valence-corrected chi connectivity index (χ2v) is 8.28. The summed E-state index contributed by atoms with van der Waals surface area (Å²) in [5.41, 5.74) is 2.28. The van der Waals surface area contributed by atoms with E-state index >= 15 is 0 Å². The minimum atomic E-state index is -0.407. The molecule has 172 valence electrons. The fourth-order valence-corrected chi connectivity index (χ4v) is 4.12. The number of carbonyl (C=O) groups is 3. The number of benzene rings is 2. The van der Waals surface area contributed by atoms with Crippen molar-refractivity contribution in [1.82, 2.24) is 10.3 Å². The number of carbonyl (C=O) groups excluding carboxylic acids is 3. The van der Waals surface area contributed by atoms with Crippen LogP contribution in [0.5, 0.6) is 17.2 Å². The summed E-state index contributed by atoms with van der Waals surface area (Å²) in [5, 5.41) is 5.50. The predicted octanol–water partition coefficient (Wildman–Crippen LogP) is 3.31. The van der Waals surface area contributed by atoms with Crippen LogP contribution in [-0.4, -0.2) is 35.7 Å². The summed E-state index contributed by atoms with van der Waals surface area (Å²) in [7, 11) is 0. The van der Waals surface area contributed by atoms with Gasteiger partial charge in [-0.05, 0) is 42.7 Å². The second kappa shape index (κ2) is 9.35. The summed E-state index contributed by atoms with van der Waals surface area (Å²) in [5.74, 6) is 1.65. The molecule has 5 rings (SSSR count). The summed E-state index contributed by atoms with van der Waals surface area (Å²) >= 11 is 0. The molecule has 2 aliphatic heterocycles. The molecular weight excluding hydrogens is 434 g/mol. The molecule has 34 heavy (non-hydrogen) atoms. The number of hydrogen-bond acceptors (Lipinski definition) is 6. The highest BCUT2D eigenvalue weighted by molar-refractivity contribution is 5.99. The molecule has 2 N–H and O–H groups in total. The number of fused-ring (bicyclic) bond motifs is 2. The zero-order chi connectivity index (χ0) is 23.5. The second-order valence-electron chi connectivity index (χ2n) is 8.28. The Bertz CT molecular complexity index is 1260. The van der Waals surface area contributed by atoms with E-state index in [4.69, 9.17) is 9.47 Å². The third-order valence-electron chi connectivity index (χ3n) is 5.93. The quantitative estimate of drug-likeness (QED) is 0.550. The molecule has 0 aliphatic carbocycles. The highest BCUT2D eigenvalue weighted by Gasteiger charge is 2.27. The fourth-order valence-electron chi connectivity index (χ4n) is 4.12. The van der Waals surface area contributed by atoms with E-state index in [1.165, 1.54) is 0 Å². The van der Waals surface area contributed by atoms with Gasteiger partial charge in [0.2, 0.25) is 11.8 Å². The zero-order valence-electron chi connectivity index (χ0n) is 18.4. The maximum absolute atomic E-state index is 12.7. The molecule has 8 heteroatoms. The van der Waals surface area contributed by atoms with Gasteiger partial charge in [-0.25, -0.2) is 4.98 Å². The number of aromatic nitrogens is 1. The third-order valence-corrected chi connectivity index (χ3v) is 5.93. The maximum atomic E-state index is 12.7. The standard InChI is InChI=1S/C26H23N3O5/c30-21(16-4-2-1-3-5-16)14-28-26(32)18-12-17-13-19(6-8-22(17)33-15-18)34-23-10-11-27-25-20(23)7-9-24(31)29-25/h1-6,8,10-11,13,18H,7,9,12,14-15H2,(H,28,32)(H,27,29,31)/t18-/m1/s1. The van der Waals surface area contributed by atoms with E-state index in [0.29, 0.717) is 47.9 Å². The Morgan fingerprint density at radius 2 is 1.97 bits per heavy atom. The molecular formula is C26H23N3O5. The van der Waals surface area contributed by atoms with Gasteiger partial charge in [-0.3, -0.25) is 14.4 Å². The molecule has 0 saturated carbocycles. The number of hydrogen-bond donors (Lipinski definition) is 2. The van der Waals surface area contributed by atoms with Crippen molar-refractivity contribution < 1.29 is 23.9 Å². The first-order chi connectivity index (χ1) is 16.6. The minimum absolute atomic E-state index is 0.0565. The highest BCUT2D eigenvalue weighted by Crippen LogP contribution is 2.36. The zero-order valence-corrected chi connectivity index (χ0v) is 18.4. The smallest absolute Gasteiger partial charge is 0.227 e. The lowest BCUT2D eigenvalue weighted by Gasteiger charge is -2.25. The monoisotopic (exact) mass is 457 g/mol. The van der Waals surface area contributed by atoms with Crippen molar-refractivity contribution in [2.45, 2.75) is 19.3 Å². The number of anilines is 1. The van der Waals surface area contributed by atoms with Crippen LogP contribution in [0.25, 0.3) is 0 Å². The number of ether oxygens (including phenoxy) is 2. The van der Waals surface area contributed by atoms with Gasteiger partial charge in [0.15, 0.2) is 5.78 Å². The Kier molecular flexibility index (Phi) is 5.95. The van der Waals surface area contributed by atoms with Crippen molar-refractivity contribution in [3.8, 4) is 17.2 Å². The third kappa shape index (κ3) is 4.61. The van der Waals surface area contributed by atoms with Gasteiger partial charge in [0, 0.05) is 23.7 Å². The molecule has 0 saturated heterocycles. The van der Waals surface area contributed by atoms with Crippen molar-refractivity contribution >= 4 is 23.4 Å². The number of rotatable bonds is 6. The van der Waals surface area contributed by atoms with Crippen molar-refractivity contribution in [3.63, 3.8) is 0 Å². The van der Waals surface area contributed by atoms with Crippen LogP contribution in [0.3, 0.4) is 0 Å². The normalized spacial score (nSPS) is 16.4. The van der Waals surface area contributed by atoms with Crippen LogP contribution in [0, 0.1) is 5.92 Å². The molecule has 1 aromatic heterocycles. The maximum Gasteiger partial charge on any atom is 0.227 e. The number of Topliss-reactive ketones (excluding diaryl/α,β-unsaturated/α-hetero) is 1. The topological polar surface area (TPSA) is 107 Å². The average molecular weight is 457 g/mol. The summed E-state index contributed by atoms with van der Waals surface area (Å²) in [4.78, 5) is 40.8. The first-order valence-electron chi connectivity index (χ1n) is 11.1. The number of pyridine rings is 1. The molecule has 2 aliphatic rings. The van der Waals surface area contributed by atoms with Gasteiger partial charge in [-0.2, -0.15) is 0 Å². The van der Waals surface area contributed by atoms with Crippen LogP contribution < -0.4 is 20.1 Å². The van der Waals surface area contributed by atoms with Gasteiger partial charge in [-0.15, -0.1) is 0 Å². The summed E-state index contributed by atoms with van der Waals surface area (Å²) in [6.45, 7) is 0.190. The van der Waals surface area contributed by atoms with E-state index in [1.807, 2.05) is 24.3 Å². The van der Waals surface area contributed by atoms with E-state index in [1.54, 1.807) is 36.5 Å². The Morgan fingerprint density at radius 1 is 1.12 bits per heavy atom. The Balaban J connectivity index is 1.25. The molecule has 1 atom stereocenters. The van der Waals surface area contributed by atoms with Gasteiger partial charge in [0.1, 0.15) is 29.7 Å². The van der Waals surface area contributed by atoms with Crippen LogP contribution in [0.2, 0.25) is 0 Å². The molecule has 2 amide bonds. The average Bonchev–Trinajstić information content (AvgIpc) is 2.87. The largest absolute Gasteiger partial charge is 0.492 e. The number of nitrogens with one attached hydrogen (secondary N) is 2. The summed E-state index contributed by atoms with van der Waals surface area (Å²) in [6, 6.07) is 16.1.